The number of nitrogens with zero attached hydrogens (tertiary/aromatic N) is 2. The van der Waals surface area contributed by atoms with Crippen LogP contribution in [0.5, 0.6) is 5.75 Å². The van der Waals surface area contributed by atoms with Gasteiger partial charge in [-0.2, -0.15) is 8.78 Å². The van der Waals surface area contributed by atoms with Crippen LogP contribution in [-0.4, -0.2) is 74.7 Å². The van der Waals surface area contributed by atoms with Gasteiger partial charge in [-0.25, -0.2) is 13.2 Å². The Bertz CT molecular complexity index is 1970. The number of rotatable bonds is 19. The quantitative estimate of drug-likeness (QED) is 0.0327. The van der Waals surface area contributed by atoms with Crippen LogP contribution in [0.3, 0.4) is 0 Å². The van der Waals surface area contributed by atoms with Crippen molar-refractivity contribution in [1.29, 1.82) is 0 Å². The van der Waals surface area contributed by atoms with Crippen LogP contribution in [0.25, 0.3) is 6.08 Å². The number of carbonyl (C=O) groups is 4. The number of piperidine rings is 1. The second-order valence-corrected chi connectivity index (χ2v) is 15.2. The van der Waals surface area contributed by atoms with Gasteiger partial charge in [0.05, 0.1) is 45.8 Å². The number of ether oxygens (including phenoxy) is 3. The Morgan fingerprint density at radius 1 is 0.783 bits per heavy atom. The molecule has 3 aromatic rings. The van der Waals surface area contributed by atoms with E-state index in [1.165, 1.54) is 0 Å². The fraction of sp³-hybridized carbons (Fsp3) is 0.467. The van der Waals surface area contributed by atoms with Crippen LogP contribution < -0.4 is 15.0 Å². The molecule has 1 heterocycles. The van der Waals surface area contributed by atoms with Crippen LogP contribution in [0.4, 0.5) is 27.6 Å². The van der Waals surface area contributed by atoms with Crippen LogP contribution in [0.1, 0.15) is 81.4 Å². The van der Waals surface area contributed by atoms with E-state index in [1.54, 1.807) is 11.0 Å². The first-order valence-electron chi connectivity index (χ1n) is 20.4. The summed E-state index contributed by atoms with van der Waals surface area (Å²) in [6, 6.07) is 15.8. The predicted octanol–water partition coefficient (Wildman–Crippen LogP) is 7.85. The predicted molar refractivity (Wildman–Crippen MR) is 214 cm³/mol. The lowest BCUT2D eigenvalue weighted by Crippen LogP contribution is -2.46. The molecule has 60 heavy (non-hydrogen) atoms. The zero-order valence-corrected chi connectivity index (χ0v) is 33.9. The van der Waals surface area contributed by atoms with Crippen molar-refractivity contribution >= 4 is 35.5 Å². The van der Waals surface area contributed by atoms with Crippen molar-refractivity contribution in [3.63, 3.8) is 0 Å². The van der Waals surface area contributed by atoms with E-state index in [0.717, 1.165) is 67.3 Å². The maximum absolute atomic E-state index is 13.7. The van der Waals surface area contributed by atoms with Crippen molar-refractivity contribution in [1.82, 2.24) is 10.2 Å². The van der Waals surface area contributed by atoms with E-state index >= 15 is 0 Å². The summed E-state index contributed by atoms with van der Waals surface area (Å²) in [6.45, 7) is 7.86. The molecule has 5 rings (SSSR count). The highest BCUT2D eigenvalue weighted by atomic mass is 19.2. The van der Waals surface area contributed by atoms with Crippen LogP contribution in [-0.2, 0) is 41.6 Å². The van der Waals surface area contributed by atoms with Gasteiger partial charge in [-0.1, -0.05) is 62.0 Å². The highest BCUT2D eigenvalue weighted by molar-refractivity contribution is 5.94. The monoisotopic (exact) mass is 841 g/mol. The molecule has 15 heteroatoms. The Morgan fingerprint density at radius 3 is 2.00 bits per heavy atom. The average molecular weight is 842 g/mol. The minimum Gasteiger partial charge on any atom is -0.420 e. The van der Waals surface area contributed by atoms with Crippen molar-refractivity contribution in [2.75, 3.05) is 51.0 Å². The summed E-state index contributed by atoms with van der Waals surface area (Å²) < 4.78 is 82.1. The molecule has 0 radical (unpaired) electrons. The van der Waals surface area contributed by atoms with Gasteiger partial charge in [-0.05, 0) is 73.1 Å². The van der Waals surface area contributed by atoms with Gasteiger partial charge in [0, 0.05) is 37.7 Å². The van der Waals surface area contributed by atoms with E-state index in [4.69, 9.17) is 9.47 Å². The third-order valence-electron chi connectivity index (χ3n) is 11.5. The first kappa shape index (κ1) is 45.9. The van der Waals surface area contributed by atoms with Crippen molar-refractivity contribution < 1.29 is 55.3 Å². The molecule has 10 nitrogen and oxygen atoms in total. The molecule has 3 aromatic carbocycles. The molecule has 1 saturated heterocycles. The number of likely N-dealkylation sites (tertiary alicyclic amines) is 1. The molecule has 1 aliphatic carbocycles. The first-order valence-corrected chi connectivity index (χ1v) is 20.4. The molecule has 1 spiro atoms. The molecule has 0 aromatic heterocycles. The van der Waals surface area contributed by atoms with Crippen LogP contribution >= 0.6 is 0 Å². The Hall–Kier alpha value is -5.15. The maximum atomic E-state index is 13.7. The second kappa shape index (κ2) is 21.9. The summed E-state index contributed by atoms with van der Waals surface area (Å²) in [7, 11) is 0. The molecular weight excluding hydrogens is 789 g/mol. The molecule has 2 fully saturated rings. The highest BCUT2D eigenvalue weighted by Crippen LogP contribution is 2.46. The van der Waals surface area contributed by atoms with Crippen LogP contribution in [0.15, 0.2) is 55.1 Å². The smallest absolute Gasteiger partial charge is 0.313 e. The molecule has 324 valence electrons. The lowest BCUT2D eigenvalue weighted by atomic mass is 9.65. The number of nitrogens with one attached hydrogen (secondary N) is 1. The van der Waals surface area contributed by atoms with E-state index in [9.17, 15) is 41.1 Å². The number of para-hydroxylation sites is 1. The van der Waals surface area contributed by atoms with Gasteiger partial charge in [0.2, 0.25) is 52.6 Å². The maximum Gasteiger partial charge on any atom is 0.313 e. The van der Waals surface area contributed by atoms with Gasteiger partial charge >= 0.3 is 5.97 Å². The van der Waals surface area contributed by atoms with Crippen molar-refractivity contribution in [3.8, 4) is 5.75 Å². The van der Waals surface area contributed by atoms with E-state index in [2.05, 4.69) is 23.6 Å². The Labute approximate surface area is 347 Å². The number of halogens is 5. The summed E-state index contributed by atoms with van der Waals surface area (Å²) in [6.07, 6.45) is 7.39. The zero-order valence-electron chi connectivity index (χ0n) is 33.9. The van der Waals surface area contributed by atoms with E-state index < -0.39 is 47.2 Å². The standard InChI is InChI=1S/C45H52F5N3O7/c1-3-30-9-5-6-11-33(30)29-53(34-12-8-7-10-31(34)4-2)36(55)15-22-51-44(57)32-13-18-45(19-14-32)20-23-52(24-21-45)35(54)16-25-58-27-28-59-26-17-37(56)60-43-41(49)39(47)38(46)40(48)42(43)50/h3,5-12,32H,1,4,13-29H2,2H3,(H,51,57). The Balaban J connectivity index is 0.953. The topological polar surface area (TPSA) is 114 Å². The molecular formula is C45H52F5N3O7. The van der Waals surface area contributed by atoms with Gasteiger partial charge in [0.25, 0.3) is 0 Å². The van der Waals surface area contributed by atoms with Gasteiger partial charge in [-0.15, -0.1) is 0 Å². The number of hydrogen-bond acceptors (Lipinski definition) is 7. The zero-order chi connectivity index (χ0) is 43.2. The van der Waals surface area contributed by atoms with Crippen LogP contribution in [0.2, 0.25) is 0 Å². The number of amides is 3. The third kappa shape index (κ3) is 11.8. The SMILES string of the molecule is C=Cc1ccccc1CN(C(=O)CCNC(=O)C1CCC2(CC1)CCN(C(=O)CCOCCOCCC(=O)Oc1c(F)c(F)c(F)c(F)c1F)CC2)c1ccccc1CC. The molecule has 1 aliphatic heterocycles. The van der Waals surface area contributed by atoms with Gasteiger partial charge in [0.15, 0.2) is 0 Å². The van der Waals surface area contributed by atoms with Crippen molar-refractivity contribution in [2.24, 2.45) is 11.3 Å². The molecule has 0 bridgehead atoms. The fourth-order valence-electron chi connectivity index (χ4n) is 7.86. The van der Waals surface area contributed by atoms with Crippen molar-refractivity contribution in [2.45, 2.75) is 77.7 Å². The molecule has 1 N–H and O–H groups in total. The largest absolute Gasteiger partial charge is 0.420 e. The van der Waals surface area contributed by atoms with Gasteiger partial charge in [-0.3, -0.25) is 19.2 Å². The highest BCUT2D eigenvalue weighted by Gasteiger charge is 2.40. The number of benzene rings is 3. The lowest BCUT2D eigenvalue weighted by molar-refractivity contribution is -0.137. The Morgan fingerprint density at radius 2 is 1.37 bits per heavy atom. The number of carbonyl (C=O) groups excluding carboxylic acids is 4. The summed E-state index contributed by atoms with van der Waals surface area (Å²) in [4.78, 5) is 55.3. The van der Waals surface area contributed by atoms with Crippen LogP contribution in [0, 0.1) is 40.4 Å². The minimum absolute atomic E-state index is 0.0198. The number of esters is 1. The molecule has 0 atom stereocenters. The summed E-state index contributed by atoms with van der Waals surface area (Å²) in [5.74, 6) is -14.5. The number of aryl methyl sites for hydroxylation is 1. The van der Waals surface area contributed by atoms with E-state index in [0.29, 0.717) is 19.6 Å². The molecule has 1 saturated carbocycles. The number of anilines is 1. The summed E-state index contributed by atoms with van der Waals surface area (Å²) >= 11 is 0. The Kier molecular flexibility index (Phi) is 16.8. The normalized spacial score (nSPS) is 15.1. The lowest BCUT2D eigenvalue weighted by Gasteiger charge is -2.45. The number of hydrogen-bond donors (Lipinski definition) is 1. The van der Waals surface area contributed by atoms with Gasteiger partial charge in [0.1, 0.15) is 0 Å². The molecule has 0 unspecified atom stereocenters. The molecule has 2 aliphatic rings. The summed E-state index contributed by atoms with van der Waals surface area (Å²) in [5.41, 5.74) is 3.98. The minimum atomic E-state index is -2.36. The second-order valence-electron chi connectivity index (χ2n) is 15.2. The van der Waals surface area contributed by atoms with E-state index in [-0.39, 0.29) is 74.9 Å². The fourth-order valence-corrected chi connectivity index (χ4v) is 7.86. The average Bonchev–Trinajstić information content (AvgIpc) is 3.26. The first-order chi connectivity index (χ1) is 28.9. The van der Waals surface area contributed by atoms with Gasteiger partial charge < -0.3 is 29.3 Å². The summed E-state index contributed by atoms with van der Waals surface area (Å²) in [5, 5.41) is 3.03. The third-order valence-corrected chi connectivity index (χ3v) is 11.5. The molecule has 3 amide bonds. The van der Waals surface area contributed by atoms with E-state index in [1.807, 2.05) is 53.4 Å². The van der Waals surface area contributed by atoms with Crippen molar-refractivity contribution in [3.05, 3.63) is 101 Å².